The van der Waals surface area contributed by atoms with Gasteiger partial charge < -0.3 is 14.0 Å². The summed E-state index contributed by atoms with van der Waals surface area (Å²) < 4.78 is 13.5. The van der Waals surface area contributed by atoms with Crippen molar-refractivity contribution < 1.29 is 14.3 Å². The highest BCUT2D eigenvalue weighted by Gasteiger charge is 2.22. The van der Waals surface area contributed by atoms with Crippen molar-refractivity contribution in [2.24, 2.45) is 0 Å². The van der Waals surface area contributed by atoms with Gasteiger partial charge >= 0.3 is 0 Å². The lowest BCUT2D eigenvalue weighted by atomic mass is 10.1. The van der Waals surface area contributed by atoms with Crippen LogP contribution in [0.1, 0.15) is 48.3 Å². The molecule has 2 atom stereocenters. The Balaban J connectivity index is 1.61. The van der Waals surface area contributed by atoms with E-state index in [9.17, 15) is 4.79 Å². The van der Waals surface area contributed by atoms with Crippen molar-refractivity contribution in [2.75, 3.05) is 13.2 Å². The van der Waals surface area contributed by atoms with Gasteiger partial charge in [0.2, 0.25) is 5.78 Å². The van der Waals surface area contributed by atoms with Crippen molar-refractivity contribution in [3.05, 3.63) is 53.3 Å². The Hall–Kier alpha value is -2.35. The van der Waals surface area contributed by atoms with Crippen molar-refractivity contribution in [2.45, 2.75) is 38.5 Å². The number of carbonyl (C=O) groups excluding carboxylic acids is 1. The maximum Gasteiger partial charge on any atom is 0.213 e. The van der Waals surface area contributed by atoms with Crippen LogP contribution in [0.2, 0.25) is 5.02 Å². The molecule has 7 nitrogen and oxygen atoms in total. The average molecular weight is 401 g/mol. The number of aromatic nitrogens is 4. The largest absolute Gasteiger partial charge is 0.353 e. The van der Waals surface area contributed by atoms with E-state index in [-0.39, 0.29) is 23.8 Å². The summed E-state index contributed by atoms with van der Waals surface area (Å²) in [6.45, 7) is 3.22. The molecule has 146 valence electrons. The van der Waals surface area contributed by atoms with Crippen LogP contribution >= 0.6 is 11.6 Å². The highest BCUT2D eigenvalue weighted by atomic mass is 35.5. The fourth-order valence-corrected chi connectivity index (χ4v) is 3.50. The fourth-order valence-electron chi connectivity index (χ4n) is 3.34. The molecule has 1 fully saturated rings. The van der Waals surface area contributed by atoms with E-state index in [0.717, 1.165) is 25.9 Å². The zero-order valence-corrected chi connectivity index (χ0v) is 16.3. The van der Waals surface area contributed by atoms with Gasteiger partial charge in [0.05, 0.1) is 18.2 Å². The number of rotatable bonds is 6. The van der Waals surface area contributed by atoms with Gasteiger partial charge in [0, 0.05) is 35.6 Å². The molecule has 28 heavy (non-hydrogen) atoms. The maximum absolute atomic E-state index is 13.0. The summed E-state index contributed by atoms with van der Waals surface area (Å²) in [5.74, 6) is -0.218. The molecule has 0 N–H and O–H groups in total. The zero-order valence-electron chi connectivity index (χ0n) is 15.5. The lowest BCUT2D eigenvalue weighted by Gasteiger charge is -2.24. The van der Waals surface area contributed by atoms with Crippen LogP contribution in [0.25, 0.3) is 11.0 Å². The van der Waals surface area contributed by atoms with Crippen LogP contribution in [-0.2, 0) is 9.47 Å². The number of hydrogen-bond acceptors (Lipinski definition) is 6. The molecule has 1 saturated heterocycles. The number of carbonyl (C=O) groups is 1. The second-order valence-corrected chi connectivity index (χ2v) is 7.31. The lowest BCUT2D eigenvalue weighted by molar-refractivity contribution is -0.166. The molecule has 8 heteroatoms. The Morgan fingerprint density at radius 1 is 1.43 bits per heavy atom. The van der Waals surface area contributed by atoms with Gasteiger partial charge in [-0.15, -0.1) is 0 Å². The van der Waals surface area contributed by atoms with Crippen molar-refractivity contribution in [1.29, 1.82) is 0 Å². The summed E-state index contributed by atoms with van der Waals surface area (Å²) in [6, 6.07) is 3.16. The third-order valence-corrected chi connectivity index (χ3v) is 5.06. The molecule has 1 aliphatic rings. The number of hydrogen-bond donors (Lipinski definition) is 0. The number of ketones is 1. The van der Waals surface area contributed by atoms with Crippen LogP contribution in [-0.4, -0.2) is 44.8 Å². The molecule has 1 unspecified atom stereocenters. The van der Waals surface area contributed by atoms with Gasteiger partial charge in [-0.1, -0.05) is 11.6 Å². The van der Waals surface area contributed by atoms with E-state index in [1.54, 1.807) is 24.5 Å². The van der Waals surface area contributed by atoms with Crippen molar-refractivity contribution >= 4 is 28.4 Å². The minimum Gasteiger partial charge on any atom is -0.353 e. The molecule has 0 radical (unpaired) electrons. The molecule has 4 heterocycles. The van der Waals surface area contributed by atoms with E-state index < -0.39 is 0 Å². The van der Waals surface area contributed by atoms with Gasteiger partial charge in [-0.3, -0.25) is 9.78 Å². The van der Waals surface area contributed by atoms with Gasteiger partial charge in [0.1, 0.15) is 17.7 Å². The number of nitrogens with zero attached hydrogens (tertiary/aromatic N) is 4. The van der Waals surface area contributed by atoms with E-state index in [4.69, 9.17) is 21.1 Å². The summed E-state index contributed by atoms with van der Waals surface area (Å²) in [7, 11) is 0. The number of halogens is 1. The van der Waals surface area contributed by atoms with E-state index in [1.807, 2.05) is 11.5 Å². The zero-order chi connectivity index (χ0) is 19.5. The van der Waals surface area contributed by atoms with Gasteiger partial charge in [-0.2, -0.15) is 0 Å². The van der Waals surface area contributed by atoms with Crippen molar-refractivity contribution in [3.63, 3.8) is 0 Å². The standard InChI is InChI=1S/C20H21ClN4O3/c1-13(11-28-18-4-2-3-7-27-18)25-10-16(15-9-22-12-24-20(15)25)19(26)17-8-14(21)5-6-23-17/h5-6,8-10,12-13,18H,2-4,7,11H2,1H3/t13-,18?/m0/s1. The first-order valence-corrected chi connectivity index (χ1v) is 9.71. The predicted octanol–water partition coefficient (Wildman–Crippen LogP) is 3.81. The van der Waals surface area contributed by atoms with E-state index >= 15 is 0 Å². The molecule has 0 aromatic carbocycles. The van der Waals surface area contributed by atoms with E-state index in [1.165, 1.54) is 12.5 Å². The van der Waals surface area contributed by atoms with Crippen LogP contribution < -0.4 is 0 Å². The minimum atomic E-state index is -0.218. The predicted molar refractivity (Wildman–Crippen MR) is 104 cm³/mol. The number of fused-ring (bicyclic) bond motifs is 1. The van der Waals surface area contributed by atoms with Crippen molar-refractivity contribution in [1.82, 2.24) is 19.5 Å². The topological polar surface area (TPSA) is 79.1 Å². The lowest BCUT2D eigenvalue weighted by Crippen LogP contribution is -2.25. The molecule has 3 aromatic rings. The first-order valence-electron chi connectivity index (χ1n) is 9.33. The summed E-state index contributed by atoms with van der Waals surface area (Å²) in [5, 5.41) is 1.14. The quantitative estimate of drug-likeness (QED) is 0.585. The van der Waals surface area contributed by atoms with Gasteiger partial charge in [-0.25, -0.2) is 9.97 Å². The Morgan fingerprint density at radius 2 is 2.32 bits per heavy atom. The Kier molecular flexibility index (Phi) is 5.66. The monoisotopic (exact) mass is 400 g/mol. The Labute approximate surface area is 167 Å². The van der Waals surface area contributed by atoms with E-state index in [0.29, 0.717) is 28.2 Å². The van der Waals surface area contributed by atoms with Gasteiger partial charge in [0.25, 0.3) is 0 Å². The fraction of sp³-hybridized carbons (Fsp3) is 0.400. The Bertz CT molecular complexity index is 984. The first-order chi connectivity index (χ1) is 13.6. The summed E-state index contributed by atoms with van der Waals surface area (Å²) >= 11 is 6.01. The molecular weight excluding hydrogens is 380 g/mol. The molecule has 0 bridgehead atoms. The highest BCUT2D eigenvalue weighted by molar-refractivity contribution is 6.31. The molecular formula is C20H21ClN4O3. The van der Waals surface area contributed by atoms with Crippen molar-refractivity contribution in [3.8, 4) is 0 Å². The second kappa shape index (κ2) is 8.34. The molecule has 3 aromatic heterocycles. The SMILES string of the molecule is C[C@@H](COC1CCCCO1)n1cc(C(=O)c2cc(Cl)ccn2)c2cncnc21. The molecule has 0 spiro atoms. The van der Waals surface area contributed by atoms with Crippen LogP contribution in [0.5, 0.6) is 0 Å². The second-order valence-electron chi connectivity index (χ2n) is 6.88. The summed E-state index contributed by atoms with van der Waals surface area (Å²) in [4.78, 5) is 25.6. The van der Waals surface area contributed by atoms with Crippen LogP contribution in [0.4, 0.5) is 0 Å². The highest BCUT2D eigenvalue weighted by Crippen LogP contribution is 2.26. The number of ether oxygens (including phenoxy) is 2. The minimum absolute atomic E-state index is 0.0307. The van der Waals surface area contributed by atoms with Gasteiger partial charge in [-0.05, 0) is 38.3 Å². The van der Waals surface area contributed by atoms with Gasteiger partial charge in [0.15, 0.2) is 6.29 Å². The third-order valence-electron chi connectivity index (χ3n) is 4.83. The number of pyridine rings is 1. The first kappa shape index (κ1) is 19.0. The molecule has 0 aliphatic carbocycles. The van der Waals surface area contributed by atoms with Crippen LogP contribution in [0.3, 0.4) is 0 Å². The molecule has 0 amide bonds. The maximum atomic E-state index is 13.0. The molecule has 1 aliphatic heterocycles. The van der Waals surface area contributed by atoms with Crippen LogP contribution in [0.15, 0.2) is 37.1 Å². The summed E-state index contributed by atoms with van der Waals surface area (Å²) in [5.41, 5.74) is 1.46. The van der Waals surface area contributed by atoms with E-state index in [2.05, 4.69) is 15.0 Å². The summed E-state index contributed by atoms with van der Waals surface area (Å²) in [6.07, 6.45) is 9.38. The smallest absolute Gasteiger partial charge is 0.213 e. The van der Waals surface area contributed by atoms with Crippen LogP contribution in [0, 0.1) is 0 Å². The Morgan fingerprint density at radius 3 is 3.11 bits per heavy atom. The molecule has 0 saturated carbocycles. The normalized spacial score (nSPS) is 18.3. The molecule has 4 rings (SSSR count). The third kappa shape index (κ3) is 3.92. The average Bonchev–Trinajstić information content (AvgIpc) is 3.12.